The number of carbonyl (C=O) groups excluding carboxylic acids is 1. The van der Waals surface area contributed by atoms with Gasteiger partial charge in [-0.05, 0) is 68.7 Å². The lowest BCUT2D eigenvalue weighted by atomic mass is 10.1. The minimum absolute atomic E-state index is 0.0557. The number of aryl methyl sites for hydroxylation is 3. The Kier molecular flexibility index (Phi) is 5.99. The van der Waals surface area contributed by atoms with Crippen LogP contribution < -0.4 is 14.8 Å². The molecule has 0 atom stereocenters. The molecule has 0 bridgehead atoms. The quantitative estimate of drug-likeness (QED) is 0.632. The van der Waals surface area contributed by atoms with Crippen LogP contribution in [0.15, 0.2) is 36.4 Å². The molecule has 0 unspecified atom stereocenters. The molecule has 5 nitrogen and oxygen atoms in total. The number of nitrogens with one attached hydrogen (secondary N) is 1. The standard InChI is InChI=1S/C22H24N2O3S/c1-13-7-6-8-19(15(13)3)27-12-20(25)23-22-24-21(16(4)28-22)17-9-10-18(26-5)14(2)11-17/h6-11H,12H2,1-5H3,(H,23,24,25). The highest BCUT2D eigenvalue weighted by Crippen LogP contribution is 2.32. The molecule has 0 saturated carbocycles. The third-order valence-electron chi connectivity index (χ3n) is 4.62. The number of thiazole rings is 1. The van der Waals surface area contributed by atoms with Gasteiger partial charge < -0.3 is 9.47 Å². The number of nitrogens with zero attached hydrogens (tertiary/aromatic N) is 1. The Hall–Kier alpha value is -2.86. The molecule has 0 aliphatic rings. The lowest BCUT2D eigenvalue weighted by Gasteiger charge is -2.10. The highest BCUT2D eigenvalue weighted by atomic mass is 32.1. The minimum atomic E-state index is -0.230. The molecule has 0 aliphatic heterocycles. The van der Waals surface area contributed by atoms with E-state index in [9.17, 15) is 4.79 Å². The first-order valence-electron chi connectivity index (χ1n) is 9.00. The van der Waals surface area contributed by atoms with Crippen molar-refractivity contribution in [2.75, 3.05) is 19.0 Å². The van der Waals surface area contributed by atoms with Gasteiger partial charge in [0.1, 0.15) is 11.5 Å². The average molecular weight is 397 g/mol. The predicted molar refractivity (Wildman–Crippen MR) is 114 cm³/mol. The van der Waals surface area contributed by atoms with E-state index in [0.29, 0.717) is 5.13 Å². The maximum atomic E-state index is 12.3. The first-order chi connectivity index (χ1) is 13.4. The Morgan fingerprint density at radius 2 is 1.86 bits per heavy atom. The van der Waals surface area contributed by atoms with E-state index in [1.54, 1.807) is 7.11 Å². The molecule has 2 aromatic carbocycles. The van der Waals surface area contributed by atoms with Gasteiger partial charge in [0, 0.05) is 10.4 Å². The summed E-state index contributed by atoms with van der Waals surface area (Å²) in [6, 6.07) is 11.7. The molecule has 0 aliphatic carbocycles. The van der Waals surface area contributed by atoms with E-state index < -0.39 is 0 Å². The molecule has 3 aromatic rings. The van der Waals surface area contributed by atoms with Crippen molar-refractivity contribution in [2.24, 2.45) is 0 Å². The summed E-state index contributed by atoms with van der Waals surface area (Å²) in [6.45, 7) is 7.94. The summed E-state index contributed by atoms with van der Waals surface area (Å²) in [5, 5.41) is 3.40. The molecule has 3 rings (SSSR count). The Morgan fingerprint density at radius 1 is 1.07 bits per heavy atom. The molecule has 28 heavy (non-hydrogen) atoms. The fraction of sp³-hybridized carbons (Fsp3) is 0.273. The van der Waals surface area contributed by atoms with Crippen LogP contribution in [0.25, 0.3) is 11.3 Å². The number of anilines is 1. The molecule has 1 heterocycles. The second-order valence-electron chi connectivity index (χ2n) is 6.64. The lowest BCUT2D eigenvalue weighted by molar-refractivity contribution is -0.118. The van der Waals surface area contributed by atoms with Gasteiger partial charge in [-0.25, -0.2) is 4.98 Å². The fourth-order valence-corrected chi connectivity index (χ4v) is 3.77. The third-order valence-corrected chi connectivity index (χ3v) is 5.51. The van der Waals surface area contributed by atoms with Crippen LogP contribution in [-0.4, -0.2) is 24.6 Å². The van der Waals surface area contributed by atoms with Crippen LogP contribution >= 0.6 is 11.3 Å². The Labute approximate surface area is 169 Å². The average Bonchev–Trinajstić information content (AvgIpc) is 3.03. The summed E-state index contributed by atoms with van der Waals surface area (Å²) in [4.78, 5) is 17.9. The second-order valence-corrected chi connectivity index (χ2v) is 7.85. The molecule has 0 radical (unpaired) electrons. The maximum Gasteiger partial charge on any atom is 0.264 e. The number of carbonyl (C=O) groups is 1. The molecule has 1 N–H and O–H groups in total. The topological polar surface area (TPSA) is 60.5 Å². The van der Waals surface area contributed by atoms with E-state index in [1.165, 1.54) is 11.3 Å². The third kappa shape index (κ3) is 4.34. The first kappa shape index (κ1) is 19.9. The van der Waals surface area contributed by atoms with Gasteiger partial charge in [-0.3, -0.25) is 10.1 Å². The number of amides is 1. The van der Waals surface area contributed by atoms with Gasteiger partial charge in [0.15, 0.2) is 11.7 Å². The molecule has 0 saturated heterocycles. The van der Waals surface area contributed by atoms with Crippen LogP contribution in [0, 0.1) is 27.7 Å². The van der Waals surface area contributed by atoms with Crippen molar-refractivity contribution in [1.29, 1.82) is 0 Å². The van der Waals surface area contributed by atoms with Crippen LogP contribution in [0.1, 0.15) is 21.6 Å². The van der Waals surface area contributed by atoms with Crippen LogP contribution in [-0.2, 0) is 4.79 Å². The van der Waals surface area contributed by atoms with Crippen molar-refractivity contribution in [1.82, 2.24) is 4.98 Å². The van der Waals surface area contributed by atoms with E-state index in [0.717, 1.165) is 44.3 Å². The summed E-state index contributed by atoms with van der Waals surface area (Å²) < 4.78 is 11.0. The zero-order chi connectivity index (χ0) is 20.3. The summed E-state index contributed by atoms with van der Waals surface area (Å²) in [5.74, 6) is 1.33. The largest absolute Gasteiger partial charge is 0.496 e. The van der Waals surface area contributed by atoms with Crippen molar-refractivity contribution in [2.45, 2.75) is 27.7 Å². The van der Waals surface area contributed by atoms with Crippen molar-refractivity contribution in [3.8, 4) is 22.8 Å². The van der Waals surface area contributed by atoms with E-state index in [2.05, 4.69) is 10.3 Å². The molecular formula is C22H24N2O3S. The van der Waals surface area contributed by atoms with E-state index >= 15 is 0 Å². The number of ether oxygens (including phenoxy) is 2. The first-order valence-corrected chi connectivity index (χ1v) is 9.82. The summed E-state index contributed by atoms with van der Waals surface area (Å²) in [5.41, 5.74) is 5.08. The van der Waals surface area contributed by atoms with Gasteiger partial charge in [0.2, 0.25) is 0 Å². The van der Waals surface area contributed by atoms with E-state index in [-0.39, 0.29) is 12.5 Å². The van der Waals surface area contributed by atoms with Crippen molar-refractivity contribution >= 4 is 22.4 Å². The predicted octanol–water partition coefficient (Wildman–Crippen LogP) is 5.07. The Bertz CT molecular complexity index is 1010. The number of aromatic nitrogens is 1. The number of benzene rings is 2. The number of hydrogen-bond acceptors (Lipinski definition) is 5. The number of hydrogen-bond donors (Lipinski definition) is 1. The van der Waals surface area contributed by atoms with Gasteiger partial charge >= 0.3 is 0 Å². The van der Waals surface area contributed by atoms with Crippen LogP contribution in [0.2, 0.25) is 0 Å². The van der Waals surface area contributed by atoms with Gasteiger partial charge in [-0.2, -0.15) is 0 Å². The maximum absolute atomic E-state index is 12.3. The molecule has 0 spiro atoms. The van der Waals surface area contributed by atoms with E-state index in [4.69, 9.17) is 9.47 Å². The van der Waals surface area contributed by atoms with Crippen LogP contribution in [0.3, 0.4) is 0 Å². The molecule has 6 heteroatoms. The molecule has 146 valence electrons. The summed E-state index contributed by atoms with van der Waals surface area (Å²) in [6.07, 6.45) is 0. The number of methoxy groups -OCH3 is 1. The fourth-order valence-electron chi connectivity index (χ4n) is 2.92. The van der Waals surface area contributed by atoms with Crippen molar-refractivity contribution in [3.63, 3.8) is 0 Å². The SMILES string of the molecule is COc1ccc(-c2nc(NC(=O)COc3cccc(C)c3C)sc2C)cc1C. The Morgan fingerprint density at radius 3 is 2.57 bits per heavy atom. The van der Waals surface area contributed by atoms with Crippen LogP contribution in [0.4, 0.5) is 5.13 Å². The monoisotopic (exact) mass is 396 g/mol. The second kappa shape index (κ2) is 8.44. The van der Waals surface area contributed by atoms with Gasteiger partial charge in [0.05, 0.1) is 12.8 Å². The van der Waals surface area contributed by atoms with Crippen LogP contribution in [0.5, 0.6) is 11.5 Å². The van der Waals surface area contributed by atoms with Gasteiger partial charge in [0.25, 0.3) is 5.91 Å². The zero-order valence-electron chi connectivity index (χ0n) is 16.8. The Balaban J connectivity index is 1.68. The van der Waals surface area contributed by atoms with E-state index in [1.807, 2.05) is 64.1 Å². The number of rotatable bonds is 6. The highest BCUT2D eigenvalue weighted by molar-refractivity contribution is 7.16. The molecule has 1 aromatic heterocycles. The highest BCUT2D eigenvalue weighted by Gasteiger charge is 2.14. The normalized spacial score (nSPS) is 10.6. The molecule has 1 amide bonds. The van der Waals surface area contributed by atoms with Crippen molar-refractivity contribution < 1.29 is 14.3 Å². The van der Waals surface area contributed by atoms with Gasteiger partial charge in [-0.1, -0.05) is 12.1 Å². The minimum Gasteiger partial charge on any atom is -0.496 e. The van der Waals surface area contributed by atoms with Crippen molar-refractivity contribution in [3.05, 3.63) is 58.0 Å². The smallest absolute Gasteiger partial charge is 0.264 e. The zero-order valence-corrected chi connectivity index (χ0v) is 17.6. The lowest BCUT2D eigenvalue weighted by Crippen LogP contribution is -2.20. The summed E-state index contributed by atoms with van der Waals surface area (Å²) in [7, 11) is 1.66. The molecule has 0 fully saturated rings. The molecular weight excluding hydrogens is 372 g/mol. The van der Waals surface area contributed by atoms with Gasteiger partial charge in [-0.15, -0.1) is 11.3 Å². The summed E-state index contributed by atoms with van der Waals surface area (Å²) >= 11 is 1.45.